The number of phenols is 1. The topological polar surface area (TPSA) is 40.5 Å². The number of halogens is 2. The molecule has 1 heterocycles. The number of rotatable bonds is 2. The number of aromatic hydroxyl groups is 1. The van der Waals surface area contributed by atoms with Crippen molar-refractivity contribution in [3.8, 4) is 5.75 Å². The van der Waals surface area contributed by atoms with Gasteiger partial charge in [0.25, 0.3) is 5.91 Å². The van der Waals surface area contributed by atoms with E-state index in [1.807, 2.05) is 6.92 Å². The van der Waals surface area contributed by atoms with Gasteiger partial charge >= 0.3 is 0 Å². The van der Waals surface area contributed by atoms with Crippen LogP contribution in [0.5, 0.6) is 5.75 Å². The summed E-state index contributed by atoms with van der Waals surface area (Å²) in [7, 11) is 0. The Balaban J connectivity index is 2.26. The largest absolute Gasteiger partial charge is 0.508 e. The Bertz CT molecular complexity index is 466. The zero-order valence-electron chi connectivity index (χ0n) is 10.1. The van der Waals surface area contributed by atoms with Crippen LogP contribution in [0.25, 0.3) is 0 Å². The molecule has 1 amide bonds. The second-order valence-electron chi connectivity index (χ2n) is 4.65. The minimum Gasteiger partial charge on any atom is -0.508 e. The van der Waals surface area contributed by atoms with Crippen molar-refractivity contribution in [1.29, 1.82) is 0 Å². The van der Waals surface area contributed by atoms with Gasteiger partial charge in [0.1, 0.15) is 11.6 Å². The monoisotopic (exact) mass is 271 g/mol. The van der Waals surface area contributed by atoms with Crippen LogP contribution in [0.2, 0.25) is 0 Å². The van der Waals surface area contributed by atoms with Crippen molar-refractivity contribution in [3.63, 3.8) is 0 Å². The Morgan fingerprint density at radius 2 is 2.33 bits per heavy atom. The fourth-order valence-electron chi connectivity index (χ4n) is 2.33. The average molecular weight is 272 g/mol. The smallest absolute Gasteiger partial charge is 0.257 e. The first kappa shape index (κ1) is 13.1. The van der Waals surface area contributed by atoms with Crippen LogP contribution in [0.3, 0.4) is 0 Å². The number of carbonyl (C=O) groups is 1. The Labute approximate surface area is 110 Å². The molecule has 1 N–H and O–H groups in total. The van der Waals surface area contributed by atoms with Crippen molar-refractivity contribution in [1.82, 2.24) is 4.90 Å². The average Bonchev–Trinajstić information content (AvgIpc) is 2.69. The number of amides is 1. The van der Waals surface area contributed by atoms with Crippen molar-refractivity contribution in [2.45, 2.75) is 19.4 Å². The predicted octanol–water partition coefficient (Wildman–Crippen LogP) is 2.62. The third-order valence-electron chi connectivity index (χ3n) is 3.48. The van der Waals surface area contributed by atoms with E-state index in [1.54, 1.807) is 4.90 Å². The van der Waals surface area contributed by atoms with Gasteiger partial charge in [-0.25, -0.2) is 4.39 Å². The van der Waals surface area contributed by atoms with Crippen LogP contribution in [0, 0.1) is 11.7 Å². The molecule has 1 fully saturated rings. The van der Waals surface area contributed by atoms with Crippen LogP contribution >= 0.6 is 11.6 Å². The van der Waals surface area contributed by atoms with Gasteiger partial charge < -0.3 is 10.0 Å². The molecule has 0 spiro atoms. The Kier molecular flexibility index (Phi) is 3.76. The second kappa shape index (κ2) is 5.14. The summed E-state index contributed by atoms with van der Waals surface area (Å²) in [5.74, 6) is -0.568. The molecule has 0 bridgehead atoms. The number of likely N-dealkylation sites (tertiary alicyclic amines) is 1. The number of alkyl halides is 1. The molecule has 0 aliphatic carbocycles. The number of hydrogen-bond donors (Lipinski definition) is 1. The van der Waals surface area contributed by atoms with Gasteiger partial charge in [-0.1, -0.05) is 6.92 Å². The highest BCUT2D eigenvalue weighted by Crippen LogP contribution is 2.27. The highest BCUT2D eigenvalue weighted by molar-refractivity contribution is 6.18. The first-order chi connectivity index (χ1) is 8.54. The molecule has 5 heteroatoms. The lowest BCUT2D eigenvalue weighted by atomic mass is 10.0. The molecular weight excluding hydrogens is 257 g/mol. The quantitative estimate of drug-likeness (QED) is 0.840. The molecular formula is C13H15ClFNO2. The van der Waals surface area contributed by atoms with Gasteiger partial charge in [-0.3, -0.25) is 4.79 Å². The lowest BCUT2D eigenvalue weighted by Gasteiger charge is -2.25. The van der Waals surface area contributed by atoms with Gasteiger partial charge in [-0.05, 0) is 24.5 Å². The van der Waals surface area contributed by atoms with E-state index < -0.39 is 5.82 Å². The van der Waals surface area contributed by atoms with Gasteiger partial charge in [-0.15, -0.1) is 11.6 Å². The van der Waals surface area contributed by atoms with Gasteiger partial charge in [0.05, 0.1) is 5.56 Å². The van der Waals surface area contributed by atoms with Crippen molar-refractivity contribution >= 4 is 17.5 Å². The molecule has 1 aliphatic heterocycles. The zero-order chi connectivity index (χ0) is 13.3. The van der Waals surface area contributed by atoms with Crippen molar-refractivity contribution in [3.05, 3.63) is 29.6 Å². The fraction of sp³-hybridized carbons (Fsp3) is 0.462. The van der Waals surface area contributed by atoms with Crippen LogP contribution in [0.15, 0.2) is 18.2 Å². The van der Waals surface area contributed by atoms with Crippen LogP contribution in [-0.4, -0.2) is 34.4 Å². The number of hydrogen-bond acceptors (Lipinski definition) is 2. The lowest BCUT2D eigenvalue weighted by molar-refractivity contribution is 0.0732. The van der Waals surface area contributed by atoms with E-state index in [0.717, 1.165) is 12.5 Å². The summed E-state index contributed by atoms with van der Waals surface area (Å²) in [4.78, 5) is 13.9. The molecule has 2 unspecified atom stereocenters. The fourth-order valence-corrected chi connectivity index (χ4v) is 2.80. The summed E-state index contributed by atoms with van der Waals surface area (Å²) >= 11 is 5.87. The Hall–Kier alpha value is -1.29. The molecule has 2 atom stereocenters. The van der Waals surface area contributed by atoms with Crippen LogP contribution in [0.4, 0.5) is 4.39 Å². The Morgan fingerprint density at radius 1 is 1.61 bits per heavy atom. The van der Waals surface area contributed by atoms with Crippen LogP contribution in [0.1, 0.15) is 23.7 Å². The minimum absolute atomic E-state index is 0.0167. The summed E-state index contributed by atoms with van der Waals surface area (Å²) in [6, 6.07) is 3.52. The SMILES string of the molecule is CC1CCN(C(=O)c2ccc(O)cc2F)C1CCl. The molecule has 0 aromatic heterocycles. The van der Waals surface area contributed by atoms with E-state index in [1.165, 1.54) is 12.1 Å². The lowest BCUT2D eigenvalue weighted by Crippen LogP contribution is -2.39. The van der Waals surface area contributed by atoms with E-state index >= 15 is 0 Å². The third-order valence-corrected chi connectivity index (χ3v) is 3.80. The standard InChI is InChI=1S/C13H15ClFNO2/c1-8-4-5-16(12(8)7-14)13(18)10-3-2-9(17)6-11(10)15/h2-3,6,8,12,17H,4-5,7H2,1H3. The van der Waals surface area contributed by atoms with E-state index in [0.29, 0.717) is 18.3 Å². The molecule has 0 saturated carbocycles. The maximum absolute atomic E-state index is 13.6. The maximum Gasteiger partial charge on any atom is 0.257 e. The van der Waals surface area contributed by atoms with Gasteiger partial charge in [0.2, 0.25) is 0 Å². The summed E-state index contributed by atoms with van der Waals surface area (Å²) in [5, 5.41) is 9.14. The van der Waals surface area contributed by atoms with Crippen LogP contribution in [-0.2, 0) is 0 Å². The summed E-state index contributed by atoms with van der Waals surface area (Å²) in [6.07, 6.45) is 0.878. The normalized spacial score (nSPS) is 23.4. The molecule has 3 nitrogen and oxygen atoms in total. The van der Waals surface area contributed by atoms with Crippen molar-refractivity contribution in [2.75, 3.05) is 12.4 Å². The summed E-state index contributed by atoms with van der Waals surface area (Å²) in [6.45, 7) is 2.63. The molecule has 1 aliphatic rings. The van der Waals surface area contributed by atoms with Gasteiger partial charge in [0, 0.05) is 24.5 Å². The number of nitrogens with zero attached hydrogens (tertiary/aromatic N) is 1. The second-order valence-corrected chi connectivity index (χ2v) is 4.96. The number of phenolic OH excluding ortho intramolecular Hbond substituents is 1. The van der Waals surface area contributed by atoms with Crippen molar-refractivity contribution < 1.29 is 14.3 Å². The molecule has 2 rings (SSSR count). The molecule has 1 aromatic rings. The van der Waals surface area contributed by atoms with E-state index in [9.17, 15) is 9.18 Å². The zero-order valence-corrected chi connectivity index (χ0v) is 10.8. The molecule has 18 heavy (non-hydrogen) atoms. The highest BCUT2D eigenvalue weighted by atomic mass is 35.5. The van der Waals surface area contributed by atoms with E-state index in [4.69, 9.17) is 16.7 Å². The maximum atomic E-state index is 13.6. The summed E-state index contributed by atoms with van der Waals surface area (Å²) < 4.78 is 13.6. The van der Waals surface area contributed by atoms with Gasteiger partial charge in [0.15, 0.2) is 0 Å². The molecule has 1 aromatic carbocycles. The Morgan fingerprint density at radius 3 is 2.94 bits per heavy atom. The molecule has 0 radical (unpaired) electrons. The first-order valence-corrected chi connectivity index (χ1v) is 6.43. The summed E-state index contributed by atoms with van der Waals surface area (Å²) in [5.41, 5.74) is -0.0167. The molecule has 1 saturated heterocycles. The van der Waals surface area contributed by atoms with E-state index in [-0.39, 0.29) is 23.3 Å². The van der Waals surface area contributed by atoms with Crippen molar-refractivity contribution in [2.24, 2.45) is 5.92 Å². The minimum atomic E-state index is -0.701. The third kappa shape index (κ3) is 2.29. The van der Waals surface area contributed by atoms with Crippen LogP contribution < -0.4 is 0 Å². The predicted molar refractivity (Wildman–Crippen MR) is 67.4 cm³/mol. The first-order valence-electron chi connectivity index (χ1n) is 5.90. The highest BCUT2D eigenvalue weighted by Gasteiger charge is 2.34. The molecule has 98 valence electrons. The number of carbonyl (C=O) groups excluding carboxylic acids is 1. The number of benzene rings is 1. The van der Waals surface area contributed by atoms with Gasteiger partial charge in [-0.2, -0.15) is 0 Å². The van der Waals surface area contributed by atoms with E-state index in [2.05, 4.69) is 0 Å².